The maximum atomic E-state index is 9.58. The monoisotopic (exact) mass is 320 g/mol. The normalized spacial score (nSPS) is 13.7. The number of nitrogens with two attached hydrogens (primary N) is 1. The Morgan fingerprint density at radius 3 is 2.53 bits per heavy atom. The molecule has 0 fully saturated rings. The maximum Gasteiger partial charge on any atom is 0.0736 e. The summed E-state index contributed by atoms with van der Waals surface area (Å²) < 4.78 is 1.10. The zero-order chi connectivity index (χ0) is 11.6. The summed E-state index contributed by atoms with van der Waals surface area (Å²) in [5.74, 6) is 0. The van der Waals surface area contributed by atoms with E-state index in [4.69, 9.17) is 5.73 Å². The topological polar surface area (TPSA) is 58.3 Å². The third-order valence-corrected chi connectivity index (χ3v) is 3.19. The van der Waals surface area contributed by atoms with E-state index >= 15 is 0 Å². The van der Waals surface area contributed by atoms with Crippen molar-refractivity contribution in [3.05, 3.63) is 21.8 Å². The van der Waals surface area contributed by atoms with Crippen molar-refractivity contribution < 1.29 is 5.11 Å². The number of hydrogen-bond donors (Lipinski definition) is 3. The molecule has 1 aromatic carbocycles. The van der Waals surface area contributed by atoms with Crippen LogP contribution in [0.3, 0.4) is 0 Å². The van der Waals surface area contributed by atoms with Crippen LogP contribution in [0.4, 0.5) is 11.4 Å². The van der Waals surface area contributed by atoms with Gasteiger partial charge in [0.25, 0.3) is 0 Å². The first-order valence-electron chi connectivity index (χ1n) is 4.84. The quantitative estimate of drug-likeness (QED) is 0.592. The van der Waals surface area contributed by atoms with E-state index in [-0.39, 0.29) is 5.54 Å². The van der Waals surface area contributed by atoms with Crippen molar-refractivity contribution in [2.45, 2.75) is 32.4 Å². The number of hydrogen-bond acceptors (Lipinski definition) is 3. The van der Waals surface area contributed by atoms with Crippen LogP contribution in [0, 0.1) is 3.57 Å². The van der Waals surface area contributed by atoms with E-state index < -0.39 is 6.10 Å². The zero-order valence-electron chi connectivity index (χ0n) is 9.21. The van der Waals surface area contributed by atoms with Crippen LogP contribution < -0.4 is 11.1 Å². The summed E-state index contributed by atoms with van der Waals surface area (Å²) in [7, 11) is 0. The molecule has 0 aliphatic carbocycles. The van der Waals surface area contributed by atoms with E-state index in [1.54, 1.807) is 6.92 Å². The SMILES string of the molecule is CC(O)C(C)(C)Nc1ccc(I)cc1N. The number of nitrogen functional groups attached to an aromatic ring is 1. The fourth-order valence-electron chi connectivity index (χ4n) is 1.10. The molecule has 84 valence electrons. The fraction of sp³-hybridized carbons (Fsp3) is 0.455. The van der Waals surface area contributed by atoms with Gasteiger partial charge in [0, 0.05) is 3.57 Å². The van der Waals surface area contributed by atoms with E-state index in [1.807, 2.05) is 32.0 Å². The Bertz CT molecular complexity index is 350. The molecule has 0 saturated carbocycles. The molecule has 0 aliphatic rings. The highest BCUT2D eigenvalue weighted by Crippen LogP contribution is 2.25. The van der Waals surface area contributed by atoms with Gasteiger partial charge in [0.1, 0.15) is 0 Å². The molecule has 0 spiro atoms. The van der Waals surface area contributed by atoms with Gasteiger partial charge in [-0.15, -0.1) is 0 Å². The minimum atomic E-state index is -0.448. The van der Waals surface area contributed by atoms with E-state index in [9.17, 15) is 5.11 Å². The second-order valence-corrected chi connectivity index (χ2v) is 5.50. The molecule has 3 nitrogen and oxygen atoms in total. The van der Waals surface area contributed by atoms with E-state index in [0.29, 0.717) is 5.69 Å². The van der Waals surface area contributed by atoms with Crippen molar-refractivity contribution in [1.82, 2.24) is 0 Å². The number of halogens is 1. The van der Waals surface area contributed by atoms with Gasteiger partial charge in [-0.2, -0.15) is 0 Å². The second kappa shape index (κ2) is 4.57. The molecular weight excluding hydrogens is 303 g/mol. The van der Waals surface area contributed by atoms with E-state index in [1.165, 1.54) is 0 Å². The minimum absolute atomic E-state index is 0.388. The molecule has 0 radical (unpaired) electrons. The Labute approximate surface area is 104 Å². The standard InChI is InChI=1S/C11H17IN2O/c1-7(15)11(2,3)14-10-5-4-8(12)6-9(10)13/h4-7,14-15H,13H2,1-3H3. The average Bonchev–Trinajstić information content (AvgIpc) is 2.09. The molecule has 0 aliphatic heterocycles. The van der Waals surface area contributed by atoms with Gasteiger partial charge in [-0.1, -0.05) is 0 Å². The number of benzene rings is 1. The van der Waals surface area contributed by atoms with E-state index in [0.717, 1.165) is 9.26 Å². The molecule has 0 amide bonds. The largest absolute Gasteiger partial charge is 0.397 e. The molecule has 4 N–H and O–H groups in total. The van der Waals surface area contributed by atoms with Gasteiger partial charge in [0.05, 0.1) is 23.0 Å². The molecular formula is C11H17IN2O. The Morgan fingerprint density at radius 1 is 1.47 bits per heavy atom. The lowest BCUT2D eigenvalue weighted by Gasteiger charge is -2.31. The third kappa shape index (κ3) is 3.24. The lowest BCUT2D eigenvalue weighted by atomic mass is 9.98. The van der Waals surface area contributed by atoms with Gasteiger partial charge in [0.2, 0.25) is 0 Å². The molecule has 1 aromatic rings. The molecule has 0 bridgehead atoms. The van der Waals surface area contributed by atoms with Crippen molar-refractivity contribution >= 4 is 34.0 Å². The summed E-state index contributed by atoms with van der Waals surface area (Å²) >= 11 is 2.22. The molecule has 1 unspecified atom stereocenters. The van der Waals surface area contributed by atoms with Crippen LogP contribution in [0.2, 0.25) is 0 Å². The first kappa shape index (κ1) is 12.6. The summed E-state index contributed by atoms with van der Waals surface area (Å²) in [5, 5.41) is 12.8. The molecule has 1 rings (SSSR count). The lowest BCUT2D eigenvalue weighted by Crippen LogP contribution is -2.42. The van der Waals surface area contributed by atoms with Gasteiger partial charge in [-0.3, -0.25) is 0 Å². The first-order chi connectivity index (χ1) is 6.83. The van der Waals surface area contributed by atoms with Gasteiger partial charge in [0.15, 0.2) is 0 Å². The van der Waals surface area contributed by atoms with Crippen LogP contribution in [-0.4, -0.2) is 16.7 Å². The first-order valence-corrected chi connectivity index (χ1v) is 5.92. The van der Waals surface area contributed by atoms with Crippen molar-refractivity contribution in [1.29, 1.82) is 0 Å². The number of aliphatic hydroxyl groups excluding tert-OH is 1. The van der Waals surface area contributed by atoms with Gasteiger partial charge >= 0.3 is 0 Å². The lowest BCUT2D eigenvalue weighted by molar-refractivity contribution is 0.133. The van der Waals surface area contributed by atoms with Crippen LogP contribution in [-0.2, 0) is 0 Å². The van der Waals surface area contributed by atoms with Gasteiger partial charge < -0.3 is 16.2 Å². The Morgan fingerprint density at radius 2 is 2.07 bits per heavy atom. The van der Waals surface area contributed by atoms with Crippen molar-refractivity contribution in [3.63, 3.8) is 0 Å². The highest BCUT2D eigenvalue weighted by atomic mass is 127. The highest BCUT2D eigenvalue weighted by Gasteiger charge is 2.24. The molecule has 0 heterocycles. The molecule has 0 aromatic heterocycles. The predicted molar refractivity (Wildman–Crippen MR) is 73.0 cm³/mol. The number of rotatable bonds is 3. The maximum absolute atomic E-state index is 9.58. The Hall–Kier alpha value is -0.490. The average molecular weight is 320 g/mol. The Balaban J connectivity index is 2.90. The number of aliphatic hydroxyl groups is 1. The Kier molecular flexibility index (Phi) is 3.83. The predicted octanol–water partition coefficient (Wildman–Crippen LogP) is 2.44. The van der Waals surface area contributed by atoms with Crippen LogP contribution >= 0.6 is 22.6 Å². The molecule has 1 atom stereocenters. The number of anilines is 2. The summed E-state index contributed by atoms with van der Waals surface area (Å²) in [5.41, 5.74) is 7.06. The second-order valence-electron chi connectivity index (χ2n) is 4.25. The van der Waals surface area contributed by atoms with Gasteiger partial charge in [-0.05, 0) is 61.6 Å². The van der Waals surface area contributed by atoms with Gasteiger partial charge in [-0.25, -0.2) is 0 Å². The molecule has 4 heteroatoms. The van der Waals surface area contributed by atoms with Crippen LogP contribution in [0.5, 0.6) is 0 Å². The minimum Gasteiger partial charge on any atom is -0.397 e. The smallest absolute Gasteiger partial charge is 0.0736 e. The highest BCUT2D eigenvalue weighted by molar-refractivity contribution is 14.1. The zero-order valence-corrected chi connectivity index (χ0v) is 11.4. The van der Waals surface area contributed by atoms with Crippen LogP contribution in [0.15, 0.2) is 18.2 Å². The van der Waals surface area contributed by atoms with Crippen molar-refractivity contribution in [2.24, 2.45) is 0 Å². The summed E-state index contributed by atoms with van der Waals surface area (Å²) in [6.45, 7) is 5.64. The van der Waals surface area contributed by atoms with Crippen LogP contribution in [0.1, 0.15) is 20.8 Å². The summed E-state index contributed by atoms with van der Waals surface area (Å²) in [4.78, 5) is 0. The van der Waals surface area contributed by atoms with E-state index in [2.05, 4.69) is 27.9 Å². The van der Waals surface area contributed by atoms with Crippen molar-refractivity contribution in [2.75, 3.05) is 11.1 Å². The summed E-state index contributed by atoms with van der Waals surface area (Å²) in [6, 6.07) is 5.82. The molecule has 0 saturated heterocycles. The van der Waals surface area contributed by atoms with Crippen LogP contribution in [0.25, 0.3) is 0 Å². The fourth-order valence-corrected chi connectivity index (χ4v) is 1.61. The number of nitrogens with one attached hydrogen (secondary N) is 1. The summed E-state index contributed by atoms with van der Waals surface area (Å²) in [6.07, 6.45) is -0.448. The van der Waals surface area contributed by atoms with Crippen molar-refractivity contribution in [3.8, 4) is 0 Å². The third-order valence-electron chi connectivity index (χ3n) is 2.51. The molecule has 15 heavy (non-hydrogen) atoms.